The van der Waals surface area contributed by atoms with Crippen LogP contribution in [-0.2, 0) is 26.1 Å². The average molecular weight is 667 g/mol. The topological polar surface area (TPSA) is 193 Å². The Morgan fingerprint density at radius 1 is 0.469 bits per heavy atom. The van der Waals surface area contributed by atoms with E-state index in [4.69, 9.17) is 15.3 Å². The van der Waals surface area contributed by atoms with E-state index in [1.54, 1.807) is 54.6 Å². The Labute approximate surface area is 283 Å². The standard InChI is InChI=1S/C23H20O5.C9H12O3.C7H6O2/c1-14-6-17(8-15-2-4-21(26)19(10-15)12-24)23(28)18(7-14)9-16-3-5-22(27)20(11-16)13-25;1-6-2-7(4-10)9(12)8(3-6)5-11;8-5-6-3-1-2-4-7(6)9/h2-7,10-13,26-28H,8-9H2,1H3;2-3,10-12H,4-5H2,1H3;1-5,9H. The van der Waals surface area contributed by atoms with Crippen molar-refractivity contribution in [2.45, 2.75) is 39.9 Å². The van der Waals surface area contributed by atoms with Crippen molar-refractivity contribution in [3.05, 3.63) is 146 Å². The number of hydrogen-bond acceptors (Lipinski definition) is 10. The van der Waals surface area contributed by atoms with Crippen LogP contribution in [0.5, 0.6) is 28.7 Å². The molecular weight excluding hydrogens is 628 g/mol. The number of aromatic hydroxyl groups is 5. The maximum absolute atomic E-state index is 11.0. The first-order valence-corrected chi connectivity index (χ1v) is 15.1. The van der Waals surface area contributed by atoms with Crippen LogP contribution in [-0.4, -0.2) is 54.6 Å². The van der Waals surface area contributed by atoms with Gasteiger partial charge in [0.15, 0.2) is 18.9 Å². The molecule has 0 heterocycles. The molecule has 49 heavy (non-hydrogen) atoms. The van der Waals surface area contributed by atoms with Crippen LogP contribution in [0.1, 0.15) is 75.6 Å². The van der Waals surface area contributed by atoms with Gasteiger partial charge in [0.25, 0.3) is 0 Å². The Bertz CT molecular complexity index is 1820. The summed E-state index contributed by atoms with van der Waals surface area (Å²) in [5, 5.41) is 66.0. The Hall–Kier alpha value is -5.97. The van der Waals surface area contributed by atoms with Crippen LogP contribution in [0.2, 0.25) is 0 Å². The second kappa shape index (κ2) is 17.8. The minimum absolute atomic E-state index is 0.00870. The van der Waals surface area contributed by atoms with Gasteiger partial charge in [-0.15, -0.1) is 0 Å². The molecule has 10 nitrogen and oxygen atoms in total. The zero-order chi connectivity index (χ0) is 36.1. The van der Waals surface area contributed by atoms with Crippen molar-refractivity contribution in [3.63, 3.8) is 0 Å². The SMILES string of the molecule is Cc1cc(CO)c(O)c(CO)c1.Cc1cc(Cc2ccc(O)c(C=O)c2)c(O)c(Cc2ccc(O)c(C=O)c2)c1.O=Cc1ccccc1O. The van der Waals surface area contributed by atoms with Crippen LogP contribution in [0.25, 0.3) is 0 Å². The number of carbonyl (C=O) groups excluding carboxylic acids is 3. The first-order valence-electron chi connectivity index (χ1n) is 15.1. The smallest absolute Gasteiger partial charge is 0.153 e. The van der Waals surface area contributed by atoms with Gasteiger partial charge in [0, 0.05) is 24.0 Å². The van der Waals surface area contributed by atoms with E-state index in [9.17, 15) is 34.8 Å². The molecule has 7 N–H and O–H groups in total. The van der Waals surface area contributed by atoms with Gasteiger partial charge in [-0.1, -0.05) is 59.7 Å². The van der Waals surface area contributed by atoms with Crippen molar-refractivity contribution < 1.29 is 50.1 Å². The van der Waals surface area contributed by atoms with Crippen molar-refractivity contribution in [2.75, 3.05) is 0 Å². The van der Waals surface area contributed by atoms with Crippen LogP contribution in [0.15, 0.2) is 84.9 Å². The van der Waals surface area contributed by atoms with E-state index in [-0.39, 0.29) is 53.1 Å². The van der Waals surface area contributed by atoms with Gasteiger partial charge < -0.3 is 35.7 Å². The lowest BCUT2D eigenvalue weighted by Gasteiger charge is -2.13. The van der Waals surface area contributed by atoms with Gasteiger partial charge in [-0.2, -0.15) is 0 Å². The van der Waals surface area contributed by atoms with Gasteiger partial charge in [-0.25, -0.2) is 0 Å². The predicted octanol–water partition coefficient (Wildman–Crippen LogP) is 5.81. The molecule has 0 atom stereocenters. The summed E-state index contributed by atoms with van der Waals surface area (Å²) in [5.41, 5.74) is 6.52. The van der Waals surface area contributed by atoms with Crippen LogP contribution in [0.3, 0.4) is 0 Å². The predicted molar refractivity (Wildman–Crippen MR) is 184 cm³/mol. The highest BCUT2D eigenvalue weighted by atomic mass is 16.3. The number of phenols is 5. The lowest BCUT2D eigenvalue weighted by molar-refractivity contribution is 0.111. The molecule has 0 aliphatic carbocycles. The summed E-state index contributed by atoms with van der Waals surface area (Å²) >= 11 is 0. The minimum Gasteiger partial charge on any atom is -0.507 e. The van der Waals surface area contributed by atoms with Gasteiger partial charge in [0.05, 0.1) is 29.9 Å². The number of rotatable bonds is 9. The molecular formula is C39H38O10. The number of para-hydroxylation sites is 1. The highest BCUT2D eigenvalue weighted by molar-refractivity contribution is 5.80. The number of aldehydes is 3. The second-order valence-corrected chi connectivity index (χ2v) is 11.2. The summed E-state index contributed by atoms with van der Waals surface area (Å²) in [6.07, 6.45) is 2.61. The number of carbonyl (C=O) groups is 3. The van der Waals surface area contributed by atoms with E-state index in [2.05, 4.69) is 0 Å². The van der Waals surface area contributed by atoms with Crippen LogP contribution in [0, 0.1) is 13.8 Å². The molecule has 254 valence electrons. The molecule has 0 aromatic heterocycles. The van der Waals surface area contributed by atoms with Crippen LogP contribution >= 0.6 is 0 Å². The maximum Gasteiger partial charge on any atom is 0.153 e. The summed E-state index contributed by atoms with van der Waals surface area (Å²) in [7, 11) is 0. The quantitative estimate of drug-likeness (QED) is 0.0945. The zero-order valence-electron chi connectivity index (χ0n) is 27.0. The molecule has 0 fully saturated rings. The van der Waals surface area contributed by atoms with E-state index in [1.165, 1.54) is 18.2 Å². The second-order valence-electron chi connectivity index (χ2n) is 11.2. The fourth-order valence-electron chi connectivity index (χ4n) is 5.02. The molecule has 0 amide bonds. The molecule has 0 bridgehead atoms. The van der Waals surface area contributed by atoms with Crippen LogP contribution in [0.4, 0.5) is 0 Å². The molecule has 0 unspecified atom stereocenters. The highest BCUT2D eigenvalue weighted by Gasteiger charge is 2.13. The number of benzene rings is 5. The van der Waals surface area contributed by atoms with E-state index >= 15 is 0 Å². The van der Waals surface area contributed by atoms with Gasteiger partial charge >= 0.3 is 0 Å². The monoisotopic (exact) mass is 666 g/mol. The molecule has 0 aliphatic heterocycles. The molecule has 0 radical (unpaired) electrons. The summed E-state index contributed by atoms with van der Waals surface area (Å²) in [6.45, 7) is 3.35. The first kappa shape index (κ1) is 37.5. The third-order valence-corrected chi connectivity index (χ3v) is 7.46. The van der Waals surface area contributed by atoms with Crippen LogP contribution < -0.4 is 0 Å². The summed E-state index contributed by atoms with van der Waals surface area (Å²) in [4.78, 5) is 32.1. The van der Waals surface area contributed by atoms with Gasteiger partial charge in [0.2, 0.25) is 0 Å². The third-order valence-electron chi connectivity index (χ3n) is 7.46. The third kappa shape index (κ3) is 10.3. The fourth-order valence-corrected chi connectivity index (χ4v) is 5.02. The van der Waals surface area contributed by atoms with Gasteiger partial charge in [-0.3, -0.25) is 14.4 Å². The number of hydrogen-bond donors (Lipinski definition) is 7. The van der Waals surface area contributed by atoms with Crippen molar-refractivity contribution in [1.82, 2.24) is 0 Å². The minimum atomic E-state index is -0.208. The Morgan fingerprint density at radius 2 is 0.837 bits per heavy atom. The van der Waals surface area contributed by atoms with E-state index in [0.717, 1.165) is 22.3 Å². The lowest BCUT2D eigenvalue weighted by Crippen LogP contribution is -1.97. The molecule has 0 aliphatic rings. The molecule has 5 aromatic carbocycles. The zero-order valence-corrected chi connectivity index (χ0v) is 27.0. The molecule has 0 saturated carbocycles. The highest BCUT2D eigenvalue weighted by Crippen LogP contribution is 2.31. The largest absolute Gasteiger partial charge is 0.507 e. The number of aliphatic hydroxyl groups is 2. The average Bonchev–Trinajstić information content (AvgIpc) is 3.10. The number of phenolic OH excluding ortho intramolecular Hbond substituents is 4. The summed E-state index contributed by atoms with van der Waals surface area (Å²) in [5.74, 6) is 0.0163. The van der Waals surface area contributed by atoms with E-state index in [0.29, 0.717) is 59.5 Å². The van der Waals surface area contributed by atoms with Crippen molar-refractivity contribution in [2.24, 2.45) is 0 Å². The number of aryl methyl sites for hydroxylation is 2. The van der Waals surface area contributed by atoms with Crippen molar-refractivity contribution in [1.29, 1.82) is 0 Å². The molecule has 5 rings (SSSR count). The van der Waals surface area contributed by atoms with Gasteiger partial charge in [0.1, 0.15) is 28.7 Å². The summed E-state index contributed by atoms with van der Waals surface area (Å²) < 4.78 is 0. The summed E-state index contributed by atoms with van der Waals surface area (Å²) in [6, 6.07) is 23.1. The molecule has 5 aromatic rings. The Balaban J connectivity index is 0.000000252. The van der Waals surface area contributed by atoms with Crippen molar-refractivity contribution in [3.8, 4) is 28.7 Å². The van der Waals surface area contributed by atoms with E-state index < -0.39 is 0 Å². The van der Waals surface area contributed by atoms with Gasteiger partial charge in [-0.05, 0) is 72.5 Å². The number of aliphatic hydroxyl groups excluding tert-OH is 2. The fraction of sp³-hybridized carbons (Fsp3) is 0.154. The molecule has 0 spiro atoms. The molecule has 10 heteroatoms. The normalized spacial score (nSPS) is 10.2. The van der Waals surface area contributed by atoms with E-state index in [1.807, 2.05) is 26.0 Å². The maximum atomic E-state index is 11.0. The Morgan fingerprint density at radius 3 is 1.20 bits per heavy atom. The first-order chi connectivity index (χ1) is 23.4. The lowest BCUT2D eigenvalue weighted by atomic mass is 9.94. The van der Waals surface area contributed by atoms with Crippen molar-refractivity contribution >= 4 is 18.9 Å². The Kier molecular flexibility index (Phi) is 13.6. The molecule has 0 saturated heterocycles.